The highest BCUT2D eigenvalue weighted by atomic mass is 19.1. The van der Waals surface area contributed by atoms with Gasteiger partial charge in [0, 0.05) is 13.0 Å². The van der Waals surface area contributed by atoms with E-state index in [1.807, 2.05) is 36.4 Å². The molecule has 3 aromatic rings. The minimum absolute atomic E-state index is 0.0997. The largest absolute Gasteiger partial charge is 0.491 e. The first-order valence-corrected chi connectivity index (χ1v) is 13.0. The molecule has 8 nitrogen and oxygen atoms in total. The maximum atomic E-state index is 13.9. The molecular weight excluding hydrogens is 501 g/mol. The SMILES string of the molecule is O=C(NCc1ccc(F)cc1)[C@H]1C[C@H]2C(=O)N[C@@H](Cc3ccccc3)C(=O)N2[C@H]1c1cccc(OCCO)c1. The number of hydrogen-bond acceptors (Lipinski definition) is 5. The smallest absolute Gasteiger partial charge is 0.246 e. The second-order valence-corrected chi connectivity index (χ2v) is 9.79. The van der Waals surface area contributed by atoms with E-state index in [9.17, 15) is 18.8 Å². The van der Waals surface area contributed by atoms with Gasteiger partial charge in [-0.05, 0) is 47.4 Å². The fourth-order valence-electron chi connectivity index (χ4n) is 5.41. The van der Waals surface area contributed by atoms with Crippen molar-refractivity contribution in [2.45, 2.75) is 37.5 Å². The lowest BCUT2D eigenvalue weighted by molar-refractivity contribution is -0.149. The van der Waals surface area contributed by atoms with Crippen molar-refractivity contribution < 1.29 is 28.6 Å². The molecule has 0 saturated carbocycles. The van der Waals surface area contributed by atoms with Gasteiger partial charge >= 0.3 is 0 Å². The third-order valence-electron chi connectivity index (χ3n) is 7.22. The van der Waals surface area contributed by atoms with Gasteiger partial charge in [-0.15, -0.1) is 0 Å². The molecule has 3 N–H and O–H groups in total. The minimum atomic E-state index is -0.793. The second-order valence-electron chi connectivity index (χ2n) is 9.79. The molecule has 39 heavy (non-hydrogen) atoms. The molecule has 2 fully saturated rings. The van der Waals surface area contributed by atoms with Gasteiger partial charge in [0.15, 0.2) is 0 Å². The summed E-state index contributed by atoms with van der Waals surface area (Å²) < 4.78 is 18.9. The van der Waals surface area contributed by atoms with Crippen LogP contribution < -0.4 is 15.4 Å². The van der Waals surface area contributed by atoms with E-state index in [0.717, 1.165) is 11.1 Å². The average Bonchev–Trinajstić information content (AvgIpc) is 3.37. The molecule has 2 aliphatic rings. The number of aliphatic hydroxyl groups excluding tert-OH is 1. The summed E-state index contributed by atoms with van der Waals surface area (Å²) in [4.78, 5) is 42.2. The van der Waals surface area contributed by atoms with Crippen LogP contribution in [0.5, 0.6) is 5.75 Å². The molecule has 0 aliphatic carbocycles. The predicted octanol–water partition coefficient (Wildman–Crippen LogP) is 2.51. The lowest BCUT2D eigenvalue weighted by Gasteiger charge is -2.38. The van der Waals surface area contributed by atoms with Crippen LogP contribution in [-0.4, -0.2) is 53.0 Å². The van der Waals surface area contributed by atoms with Crippen molar-refractivity contribution in [2.75, 3.05) is 13.2 Å². The predicted molar refractivity (Wildman–Crippen MR) is 141 cm³/mol. The third kappa shape index (κ3) is 5.78. The molecule has 2 heterocycles. The quantitative estimate of drug-likeness (QED) is 0.393. The zero-order valence-electron chi connectivity index (χ0n) is 21.3. The van der Waals surface area contributed by atoms with Gasteiger partial charge in [-0.2, -0.15) is 0 Å². The fourth-order valence-corrected chi connectivity index (χ4v) is 5.41. The number of benzene rings is 3. The van der Waals surface area contributed by atoms with Crippen LogP contribution in [0.1, 0.15) is 29.2 Å². The van der Waals surface area contributed by atoms with Crippen LogP contribution >= 0.6 is 0 Å². The zero-order valence-corrected chi connectivity index (χ0v) is 21.3. The second kappa shape index (κ2) is 11.7. The van der Waals surface area contributed by atoms with Crippen molar-refractivity contribution in [3.63, 3.8) is 0 Å². The summed E-state index contributed by atoms with van der Waals surface area (Å²) in [5.41, 5.74) is 2.31. The Balaban J connectivity index is 1.44. The number of ether oxygens (including phenoxy) is 1. The molecule has 0 radical (unpaired) electrons. The molecule has 0 bridgehead atoms. The van der Waals surface area contributed by atoms with Crippen LogP contribution in [0.15, 0.2) is 78.9 Å². The molecule has 5 rings (SSSR count). The summed E-state index contributed by atoms with van der Waals surface area (Å²) in [5, 5.41) is 14.9. The molecule has 2 aliphatic heterocycles. The maximum absolute atomic E-state index is 13.9. The van der Waals surface area contributed by atoms with Gasteiger partial charge in [0.25, 0.3) is 0 Å². The van der Waals surface area contributed by atoms with E-state index in [2.05, 4.69) is 10.6 Å². The summed E-state index contributed by atoms with van der Waals surface area (Å²) in [6.07, 6.45) is 0.500. The Hall–Kier alpha value is -4.24. The van der Waals surface area contributed by atoms with Crippen LogP contribution in [0, 0.1) is 11.7 Å². The van der Waals surface area contributed by atoms with E-state index >= 15 is 0 Å². The third-order valence-corrected chi connectivity index (χ3v) is 7.22. The number of hydrogen-bond donors (Lipinski definition) is 3. The van der Waals surface area contributed by atoms with E-state index in [1.54, 1.807) is 35.2 Å². The minimum Gasteiger partial charge on any atom is -0.491 e. The van der Waals surface area contributed by atoms with Crippen molar-refractivity contribution in [1.29, 1.82) is 0 Å². The van der Waals surface area contributed by atoms with E-state index in [4.69, 9.17) is 9.84 Å². The molecule has 0 unspecified atom stereocenters. The van der Waals surface area contributed by atoms with Gasteiger partial charge in [0.1, 0.15) is 30.3 Å². The van der Waals surface area contributed by atoms with Crippen LogP contribution in [0.2, 0.25) is 0 Å². The maximum Gasteiger partial charge on any atom is 0.246 e. The van der Waals surface area contributed by atoms with Crippen molar-refractivity contribution >= 4 is 17.7 Å². The Labute approximate surface area is 225 Å². The summed E-state index contributed by atoms with van der Waals surface area (Å²) in [5.74, 6) is -1.42. The number of carbonyl (C=O) groups is 3. The van der Waals surface area contributed by atoms with E-state index in [0.29, 0.717) is 17.7 Å². The number of aliphatic hydroxyl groups is 1. The topological polar surface area (TPSA) is 108 Å². The van der Waals surface area contributed by atoms with Gasteiger partial charge in [0.05, 0.1) is 18.6 Å². The molecule has 4 atom stereocenters. The summed E-state index contributed by atoms with van der Waals surface area (Å²) in [6, 6.07) is 20.1. The number of amides is 3. The van der Waals surface area contributed by atoms with Gasteiger partial charge < -0.3 is 25.4 Å². The number of carbonyl (C=O) groups excluding carboxylic acids is 3. The molecule has 202 valence electrons. The number of nitrogens with zero attached hydrogens (tertiary/aromatic N) is 1. The Morgan fingerprint density at radius 1 is 1.03 bits per heavy atom. The highest BCUT2D eigenvalue weighted by Gasteiger charge is 2.54. The Morgan fingerprint density at radius 3 is 2.54 bits per heavy atom. The number of rotatable bonds is 9. The Kier molecular flexibility index (Phi) is 7.88. The molecule has 9 heteroatoms. The number of fused-ring (bicyclic) bond motifs is 1. The number of halogens is 1. The standard InChI is InChI=1S/C30H30FN3O5/c31-22-11-9-20(10-12-22)18-32-28(36)24-17-26-29(37)33-25(15-19-5-2-1-3-6-19)30(38)34(26)27(24)21-7-4-8-23(16-21)39-14-13-35/h1-12,16,24-27,35H,13-15,17-18H2,(H,32,36)(H,33,37)/t24-,25-,26-,27-/m0/s1. The van der Waals surface area contributed by atoms with Gasteiger partial charge in [-0.1, -0.05) is 54.6 Å². The number of nitrogens with one attached hydrogen (secondary N) is 2. The molecule has 0 spiro atoms. The van der Waals surface area contributed by atoms with Crippen LogP contribution in [0.25, 0.3) is 0 Å². The molecule has 0 aromatic heterocycles. The Bertz CT molecular complexity index is 1330. The van der Waals surface area contributed by atoms with E-state index in [1.165, 1.54) is 12.1 Å². The highest BCUT2D eigenvalue weighted by Crippen LogP contribution is 2.44. The summed E-state index contributed by atoms with van der Waals surface area (Å²) in [6.45, 7) is 0.127. The van der Waals surface area contributed by atoms with Gasteiger partial charge in [0.2, 0.25) is 17.7 Å². The molecule has 3 amide bonds. The lowest BCUT2D eigenvalue weighted by Crippen LogP contribution is -2.62. The van der Waals surface area contributed by atoms with Crippen molar-refractivity contribution in [3.05, 3.63) is 101 Å². The van der Waals surface area contributed by atoms with Crippen LogP contribution in [-0.2, 0) is 27.3 Å². The molecule has 2 saturated heterocycles. The first-order chi connectivity index (χ1) is 18.9. The van der Waals surface area contributed by atoms with Crippen LogP contribution in [0.4, 0.5) is 4.39 Å². The number of piperazine rings is 1. The normalized spacial score (nSPS) is 22.3. The summed E-state index contributed by atoms with van der Waals surface area (Å²) in [7, 11) is 0. The zero-order chi connectivity index (χ0) is 27.4. The molecular formula is C30H30FN3O5. The fraction of sp³-hybridized carbons (Fsp3) is 0.300. The van der Waals surface area contributed by atoms with Crippen molar-refractivity contribution in [3.8, 4) is 5.75 Å². The van der Waals surface area contributed by atoms with Gasteiger partial charge in [-0.3, -0.25) is 14.4 Å². The average molecular weight is 532 g/mol. The van der Waals surface area contributed by atoms with E-state index < -0.39 is 24.0 Å². The molecule has 3 aromatic carbocycles. The van der Waals surface area contributed by atoms with Crippen LogP contribution in [0.3, 0.4) is 0 Å². The van der Waals surface area contributed by atoms with Crippen molar-refractivity contribution in [2.24, 2.45) is 5.92 Å². The van der Waals surface area contributed by atoms with Gasteiger partial charge in [-0.25, -0.2) is 4.39 Å². The Morgan fingerprint density at radius 2 is 1.79 bits per heavy atom. The first kappa shape index (κ1) is 26.4. The lowest BCUT2D eigenvalue weighted by atomic mass is 9.92. The summed E-state index contributed by atoms with van der Waals surface area (Å²) >= 11 is 0. The highest BCUT2D eigenvalue weighted by molar-refractivity contribution is 5.99. The van der Waals surface area contributed by atoms with Crippen molar-refractivity contribution in [1.82, 2.24) is 15.5 Å². The first-order valence-electron chi connectivity index (χ1n) is 13.0. The van der Waals surface area contributed by atoms with E-state index in [-0.39, 0.29) is 49.7 Å². The monoisotopic (exact) mass is 531 g/mol.